The second kappa shape index (κ2) is 49.6. The van der Waals surface area contributed by atoms with Gasteiger partial charge in [-0.05, 0) is 12.8 Å². The van der Waals surface area contributed by atoms with Crippen LogP contribution in [0.2, 0.25) is 0 Å². The number of unbranched alkanes of at least 4 members (excludes halogenated alkanes) is 26. The molecule has 0 bridgehead atoms. The first-order valence-electron chi connectivity index (χ1n) is 24.8. The van der Waals surface area contributed by atoms with Crippen LogP contribution in [-0.4, -0.2) is 88.7 Å². The van der Waals surface area contributed by atoms with Gasteiger partial charge in [-0.1, -0.05) is 181 Å². The van der Waals surface area contributed by atoms with Crippen molar-refractivity contribution in [1.29, 1.82) is 0 Å². The standard InChI is InChI=1S/C46H91N3O12P2.2Na/c1-3-5-7-9-11-13-15-17-19-21-23-25-27-29-31-54-35-39-60-62(50,51)42-56-33-37-58-44-41-45(49-46(47)48-44)59-38-34-57-43-63(52,53)61-40-36-55-32-30-28-26-24-22-20-18-16-14-12-10-8-6-4-2;;/h41H,3-40,42-43H2,1-2H3,(H,50,51)(H,52,53)(H2,47,48,49);;/q;2*+1/p-2. The predicted octanol–water partition coefficient (Wildman–Crippen LogP) is 4.91. The van der Waals surface area contributed by atoms with Crippen LogP contribution in [0, 0.1) is 0 Å². The van der Waals surface area contributed by atoms with Crippen LogP contribution in [0.4, 0.5) is 5.95 Å². The molecule has 0 aliphatic carbocycles. The molecule has 0 fully saturated rings. The van der Waals surface area contributed by atoms with Gasteiger partial charge in [-0.3, -0.25) is 0 Å². The molecule has 1 aromatic rings. The Morgan fingerprint density at radius 1 is 0.415 bits per heavy atom. The number of ether oxygens (including phenoxy) is 6. The molecule has 0 radical (unpaired) electrons. The van der Waals surface area contributed by atoms with E-state index < -0.39 is 27.9 Å². The van der Waals surface area contributed by atoms with Gasteiger partial charge in [0.15, 0.2) is 15.2 Å². The maximum Gasteiger partial charge on any atom is 1.00 e. The average Bonchev–Trinajstić information content (AvgIpc) is 3.25. The molecule has 15 nitrogen and oxygen atoms in total. The van der Waals surface area contributed by atoms with E-state index >= 15 is 0 Å². The molecular weight excluding hydrogens is 894 g/mol. The summed E-state index contributed by atoms with van der Waals surface area (Å²) in [5.74, 6) is 0.0597. The summed E-state index contributed by atoms with van der Waals surface area (Å²) in [5, 5.41) is 0. The van der Waals surface area contributed by atoms with Gasteiger partial charge in [0.25, 0.3) is 0 Å². The molecule has 0 saturated heterocycles. The van der Waals surface area contributed by atoms with Crippen molar-refractivity contribution in [3.8, 4) is 11.8 Å². The Morgan fingerprint density at radius 2 is 0.692 bits per heavy atom. The number of anilines is 1. The molecule has 2 unspecified atom stereocenters. The fourth-order valence-corrected chi connectivity index (χ4v) is 8.44. The molecule has 2 atom stereocenters. The minimum Gasteiger partial charge on any atom is -0.777 e. The van der Waals surface area contributed by atoms with E-state index in [0.29, 0.717) is 13.2 Å². The van der Waals surface area contributed by atoms with Crippen molar-refractivity contribution >= 4 is 21.1 Å². The minimum absolute atomic E-state index is 0. The Hall–Kier alpha value is 0.620. The van der Waals surface area contributed by atoms with Gasteiger partial charge in [-0.25, -0.2) is 0 Å². The van der Waals surface area contributed by atoms with Gasteiger partial charge in [0, 0.05) is 13.2 Å². The van der Waals surface area contributed by atoms with Crippen molar-refractivity contribution in [1.82, 2.24) is 9.97 Å². The van der Waals surface area contributed by atoms with E-state index in [1.165, 1.54) is 160 Å². The van der Waals surface area contributed by atoms with Gasteiger partial charge < -0.3 is 62.1 Å². The van der Waals surface area contributed by atoms with Gasteiger partial charge in [-0.2, -0.15) is 9.97 Å². The van der Waals surface area contributed by atoms with E-state index in [4.69, 9.17) is 43.2 Å². The number of nitrogens with zero attached hydrogens (tertiary/aromatic N) is 2. The molecule has 1 aromatic heterocycles. The zero-order valence-electron chi connectivity index (χ0n) is 41.6. The first-order chi connectivity index (χ1) is 30.7. The topological polar surface area (TPSA) is 206 Å². The summed E-state index contributed by atoms with van der Waals surface area (Å²) in [4.78, 5) is 32.3. The zero-order chi connectivity index (χ0) is 45.8. The van der Waals surface area contributed by atoms with Crippen molar-refractivity contribution < 1.29 is 116 Å². The van der Waals surface area contributed by atoms with Crippen LogP contribution < -0.4 is 84.1 Å². The average molecular weight is 984 g/mol. The van der Waals surface area contributed by atoms with Gasteiger partial charge >= 0.3 is 59.1 Å². The molecule has 2 N–H and O–H groups in total. The van der Waals surface area contributed by atoms with E-state index in [9.17, 15) is 18.9 Å². The molecule has 1 rings (SSSR count). The van der Waals surface area contributed by atoms with Crippen LogP contribution in [0.1, 0.15) is 194 Å². The van der Waals surface area contributed by atoms with Crippen molar-refractivity contribution in [2.45, 2.75) is 194 Å². The first-order valence-corrected chi connectivity index (χ1v) is 28.2. The predicted molar refractivity (Wildman–Crippen MR) is 248 cm³/mol. The quantitative estimate of drug-likeness (QED) is 0.0523. The third-order valence-corrected chi connectivity index (χ3v) is 12.6. The number of hydrogen-bond donors (Lipinski definition) is 1. The molecule has 0 saturated carbocycles. The first kappa shape index (κ1) is 67.7. The Labute approximate surface area is 439 Å². The van der Waals surface area contributed by atoms with Crippen LogP contribution in [-0.2, 0) is 37.1 Å². The summed E-state index contributed by atoms with van der Waals surface area (Å²) in [6, 6.07) is 1.39. The van der Waals surface area contributed by atoms with Gasteiger partial charge in [0.2, 0.25) is 17.7 Å². The number of nitrogens with two attached hydrogens (primary N) is 1. The Morgan fingerprint density at radius 3 is 1.00 bits per heavy atom. The fourth-order valence-electron chi connectivity index (χ4n) is 6.88. The molecule has 0 aliphatic heterocycles. The molecule has 0 aromatic carbocycles. The van der Waals surface area contributed by atoms with E-state index in [-0.39, 0.29) is 130 Å². The molecule has 0 spiro atoms. The summed E-state index contributed by atoms with van der Waals surface area (Å²) >= 11 is 0. The molecule has 1 heterocycles. The van der Waals surface area contributed by atoms with Crippen molar-refractivity contribution in [3.05, 3.63) is 6.07 Å². The summed E-state index contributed by atoms with van der Waals surface area (Å²) in [6.07, 6.45) is 34.9. The molecule has 0 amide bonds. The van der Waals surface area contributed by atoms with Gasteiger partial charge in [0.05, 0.1) is 45.7 Å². The summed E-state index contributed by atoms with van der Waals surface area (Å²) in [7, 11) is -8.39. The van der Waals surface area contributed by atoms with Crippen LogP contribution >= 0.6 is 15.2 Å². The fraction of sp³-hybridized carbons (Fsp3) is 0.913. The number of hydrogen-bond acceptors (Lipinski definition) is 15. The monoisotopic (exact) mass is 984 g/mol. The van der Waals surface area contributed by atoms with Gasteiger partial charge in [0.1, 0.15) is 25.9 Å². The third kappa shape index (κ3) is 48.0. The van der Waals surface area contributed by atoms with E-state index in [1.54, 1.807) is 0 Å². The van der Waals surface area contributed by atoms with Crippen LogP contribution in [0.15, 0.2) is 6.07 Å². The van der Waals surface area contributed by atoms with Crippen molar-refractivity contribution in [2.24, 2.45) is 0 Å². The summed E-state index contributed by atoms with van der Waals surface area (Å²) in [5.41, 5.74) is 5.76. The van der Waals surface area contributed by atoms with Crippen molar-refractivity contribution in [3.63, 3.8) is 0 Å². The minimum atomic E-state index is -4.20. The number of aromatic nitrogens is 2. The van der Waals surface area contributed by atoms with E-state index in [0.717, 1.165) is 25.7 Å². The molecule has 0 aliphatic rings. The second-order valence-corrected chi connectivity index (χ2v) is 20.0. The molecular formula is C46H89N3Na2O12P2. The van der Waals surface area contributed by atoms with E-state index in [1.807, 2.05) is 0 Å². The molecule has 372 valence electrons. The summed E-state index contributed by atoms with van der Waals surface area (Å²) < 4.78 is 66.8. The second-order valence-electron chi connectivity index (χ2n) is 16.5. The number of nitrogen functional groups attached to an aromatic ring is 1. The normalized spacial score (nSPS) is 13.2. The molecule has 19 heteroatoms. The number of rotatable bonds is 50. The van der Waals surface area contributed by atoms with Crippen LogP contribution in [0.5, 0.6) is 11.8 Å². The van der Waals surface area contributed by atoms with Gasteiger partial charge in [-0.15, -0.1) is 0 Å². The van der Waals surface area contributed by atoms with Crippen LogP contribution in [0.3, 0.4) is 0 Å². The van der Waals surface area contributed by atoms with Crippen molar-refractivity contribution in [2.75, 3.05) is 84.5 Å². The Bertz CT molecular complexity index is 1180. The third-order valence-electron chi connectivity index (χ3n) is 10.5. The SMILES string of the molecule is CCCCCCCCCCCCCCCCOCCOP(=O)([O-])COCCOc1cc(OCCOCP(=O)([O-])OCCOCCCCCCCCCCCCCCCC)nc(N)n1.[Na+].[Na+]. The summed E-state index contributed by atoms with van der Waals surface area (Å²) in [6.45, 7) is 5.80. The van der Waals surface area contributed by atoms with Crippen LogP contribution in [0.25, 0.3) is 0 Å². The largest absolute Gasteiger partial charge is 1.00 e. The van der Waals surface area contributed by atoms with E-state index in [2.05, 4.69) is 23.8 Å². The maximum absolute atomic E-state index is 12.2. The Kier molecular flexibility index (Phi) is 51.7. The zero-order valence-corrected chi connectivity index (χ0v) is 47.4. The maximum atomic E-state index is 12.2. The Balaban J connectivity index is 0. The molecule has 65 heavy (non-hydrogen) atoms. The smallest absolute Gasteiger partial charge is 0.777 e.